The van der Waals surface area contributed by atoms with Gasteiger partial charge in [0.05, 0.1) is 0 Å². The summed E-state index contributed by atoms with van der Waals surface area (Å²) in [5, 5.41) is 5.13. The van der Waals surface area contributed by atoms with E-state index in [2.05, 4.69) is 10.6 Å². The molecule has 0 aromatic heterocycles. The highest BCUT2D eigenvalue weighted by Gasteiger charge is 2.39. The van der Waals surface area contributed by atoms with E-state index >= 15 is 0 Å². The van der Waals surface area contributed by atoms with Crippen molar-refractivity contribution >= 4 is 23.6 Å². The van der Waals surface area contributed by atoms with Gasteiger partial charge in [-0.15, -0.1) is 0 Å². The largest absolute Gasteiger partial charge is 0.348 e. The first-order valence-electron chi connectivity index (χ1n) is 9.80. The molecule has 1 fully saturated rings. The van der Waals surface area contributed by atoms with Gasteiger partial charge in [0.2, 0.25) is 11.8 Å². The molecule has 1 atom stereocenters. The summed E-state index contributed by atoms with van der Waals surface area (Å²) >= 11 is 0. The van der Waals surface area contributed by atoms with E-state index in [4.69, 9.17) is 5.73 Å². The van der Waals surface area contributed by atoms with E-state index in [1.807, 2.05) is 24.3 Å². The van der Waals surface area contributed by atoms with Crippen LogP contribution in [0, 0.1) is 0 Å². The summed E-state index contributed by atoms with van der Waals surface area (Å²) in [6.45, 7) is 1.11. The Kier molecular flexibility index (Phi) is 5.33. The normalized spacial score (nSPS) is 18.2. The maximum atomic E-state index is 12.9. The maximum absolute atomic E-state index is 12.9. The van der Waals surface area contributed by atoms with Crippen molar-refractivity contribution in [2.75, 3.05) is 0 Å². The molecule has 1 saturated heterocycles. The molecule has 1 unspecified atom stereocenters. The number of amides is 4. The van der Waals surface area contributed by atoms with Crippen molar-refractivity contribution in [3.8, 4) is 0 Å². The average molecular weight is 406 g/mol. The van der Waals surface area contributed by atoms with Crippen molar-refractivity contribution in [2.45, 2.75) is 38.5 Å². The van der Waals surface area contributed by atoms with Crippen molar-refractivity contribution < 1.29 is 19.2 Å². The van der Waals surface area contributed by atoms with E-state index in [-0.39, 0.29) is 30.7 Å². The van der Waals surface area contributed by atoms with Crippen molar-refractivity contribution in [3.63, 3.8) is 0 Å². The minimum absolute atomic E-state index is 0.205. The van der Waals surface area contributed by atoms with Crippen LogP contribution in [0.4, 0.5) is 0 Å². The van der Waals surface area contributed by atoms with Gasteiger partial charge in [-0.25, -0.2) is 0 Å². The number of hydrogen-bond donors (Lipinski definition) is 3. The number of piperidine rings is 1. The highest BCUT2D eigenvalue weighted by molar-refractivity contribution is 6.06. The van der Waals surface area contributed by atoms with Crippen LogP contribution >= 0.6 is 0 Å². The number of imide groups is 1. The second kappa shape index (κ2) is 8.08. The number of rotatable bonds is 5. The lowest BCUT2D eigenvalue weighted by atomic mass is 10.0. The molecule has 2 aliphatic rings. The number of carbonyl (C=O) groups excluding carboxylic acids is 4. The molecule has 2 aromatic carbocycles. The smallest absolute Gasteiger partial charge is 0.255 e. The van der Waals surface area contributed by atoms with Crippen LogP contribution in [0.25, 0.3) is 0 Å². The van der Waals surface area contributed by atoms with Crippen LogP contribution in [-0.4, -0.2) is 34.6 Å². The predicted octanol–water partition coefficient (Wildman–Crippen LogP) is 0.836. The first-order valence-corrected chi connectivity index (χ1v) is 9.80. The molecule has 0 aliphatic carbocycles. The molecule has 8 heteroatoms. The zero-order valence-corrected chi connectivity index (χ0v) is 16.3. The van der Waals surface area contributed by atoms with E-state index in [0.29, 0.717) is 30.6 Å². The number of nitrogens with two attached hydrogens (primary N) is 1. The molecule has 2 heterocycles. The van der Waals surface area contributed by atoms with Crippen LogP contribution in [0.3, 0.4) is 0 Å². The molecule has 4 amide bonds. The van der Waals surface area contributed by atoms with E-state index in [0.717, 1.165) is 16.7 Å². The molecule has 8 nitrogen and oxygen atoms in total. The van der Waals surface area contributed by atoms with Crippen LogP contribution in [0.2, 0.25) is 0 Å². The molecule has 2 aliphatic heterocycles. The SMILES string of the molecule is NCc1ccc(CNC(=O)c2ccc3c(c2)C(=O)N(C2CCC(=O)NC2=O)C3)cc1. The first-order chi connectivity index (χ1) is 14.5. The van der Waals surface area contributed by atoms with E-state index in [1.165, 1.54) is 4.90 Å². The maximum Gasteiger partial charge on any atom is 0.255 e. The van der Waals surface area contributed by atoms with E-state index < -0.39 is 11.9 Å². The number of carbonyl (C=O) groups is 4. The Labute approximate surface area is 173 Å². The molecule has 0 radical (unpaired) electrons. The lowest BCUT2D eigenvalue weighted by Crippen LogP contribution is -2.52. The van der Waals surface area contributed by atoms with Gasteiger partial charge in [0, 0.05) is 37.2 Å². The molecule has 4 rings (SSSR count). The number of nitrogens with zero attached hydrogens (tertiary/aromatic N) is 1. The molecule has 154 valence electrons. The third-order valence-electron chi connectivity index (χ3n) is 5.50. The summed E-state index contributed by atoms with van der Waals surface area (Å²) in [6, 6.07) is 12.0. The summed E-state index contributed by atoms with van der Waals surface area (Å²) in [5.74, 6) is -1.36. The summed E-state index contributed by atoms with van der Waals surface area (Å²) in [7, 11) is 0. The van der Waals surface area contributed by atoms with Crippen LogP contribution in [-0.2, 0) is 29.2 Å². The third-order valence-corrected chi connectivity index (χ3v) is 5.50. The Morgan fingerprint density at radius 3 is 2.53 bits per heavy atom. The van der Waals surface area contributed by atoms with Crippen LogP contribution < -0.4 is 16.4 Å². The molecule has 2 aromatic rings. The molecule has 30 heavy (non-hydrogen) atoms. The number of hydrogen-bond acceptors (Lipinski definition) is 5. The average Bonchev–Trinajstić information content (AvgIpc) is 3.08. The minimum atomic E-state index is -0.670. The zero-order chi connectivity index (χ0) is 21.3. The molecule has 0 saturated carbocycles. The Hall–Kier alpha value is -3.52. The summed E-state index contributed by atoms with van der Waals surface area (Å²) in [6.07, 6.45) is 0.511. The standard InChI is InChI=1S/C22H22N4O4/c23-10-13-1-3-14(4-2-13)11-24-20(28)15-5-6-16-12-26(22(30)17(16)9-15)18-7-8-19(27)25-21(18)29/h1-6,9,18H,7-8,10-12,23H2,(H,24,28)(H,25,27,29). The zero-order valence-electron chi connectivity index (χ0n) is 16.3. The Morgan fingerprint density at radius 2 is 1.83 bits per heavy atom. The van der Waals surface area contributed by atoms with Crippen LogP contribution in [0.1, 0.15) is 50.2 Å². The van der Waals surface area contributed by atoms with Crippen molar-refractivity contribution in [2.24, 2.45) is 5.73 Å². The lowest BCUT2D eigenvalue weighted by Gasteiger charge is -2.29. The van der Waals surface area contributed by atoms with Gasteiger partial charge >= 0.3 is 0 Å². The van der Waals surface area contributed by atoms with Gasteiger partial charge in [-0.2, -0.15) is 0 Å². The van der Waals surface area contributed by atoms with Gasteiger partial charge in [0.15, 0.2) is 0 Å². The summed E-state index contributed by atoms with van der Waals surface area (Å²) < 4.78 is 0. The summed E-state index contributed by atoms with van der Waals surface area (Å²) in [5.41, 5.74) is 9.11. The highest BCUT2D eigenvalue weighted by Crippen LogP contribution is 2.28. The number of fused-ring (bicyclic) bond motifs is 1. The van der Waals surface area contributed by atoms with E-state index in [9.17, 15) is 19.2 Å². The van der Waals surface area contributed by atoms with Crippen molar-refractivity contribution in [1.82, 2.24) is 15.5 Å². The monoisotopic (exact) mass is 406 g/mol. The fourth-order valence-electron chi connectivity index (χ4n) is 3.77. The van der Waals surface area contributed by atoms with Gasteiger partial charge < -0.3 is 16.0 Å². The van der Waals surface area contributed by atoms with Gasteiger partial charge in [0.25, 0.3) is 11.8 Å². The molecular formula is C22H22N4O4. The van der Waals surface area contributed by atoms with Gasteiger partial charge in [-0.05, 0) is 35.2 Å². The van der Waals surface area contributed by atoms with E-state index in [1.54, 1.807) is 18.2 Å². The quantitative estimate of drug-likeness (QED) is 0.635. The molecular weight excluding hydrogens is 384 g/mol. The topological polar surface area (TPSA) is 122 Å². The van der Waals surface area contributed by atoms with Crippen molar-refractivity contribution in [1.29, 1.82) is 0 Å². The Morgan fingerprint density at radius 1 is 1.10 bits per heavy atom. The number of benzene rings is 2. The Bertz CT molecular complexity index is 1030. The number of nitrogens with one attached hydrogen (secondary N) is 2. The second-order valence-corrected chi connectivity index (χ2v) is 7.48. The molecule has 4 N–H and O–H groups in total. The molecule has 0 bridgehead atoms. The van der Waals surface area contributed by atoms with Gasteiger partial charge in [-0.1, -0.05) is 30.3 Å². The lowest BCUT2D eigenvalue weighted by molar-refractivity contribution is -0.136. The summed E-state index contributed by atoms with van der Waals surface area (Å²) in [4.78, 5) is 50.4. The highest BCUT2D eigenvalue weighted by atomic mass is 16.2. The van der Waals surface area contributed by atoms with Crippen LogP contribution in [0.5, 0.6) is 0 Å². The van der Waals surface area contributed by atoms with Gasteiger partial charge in [0.1, 0.15) is 6.04 Å². The second-order valence-electron chi connectivity index (χ2n) is 7.48. The fraction of sp³-hybridized carbons (Fsp3) is 0.273. The predicted molar refractivity (Wildman–Crippen MR) is 108 cm³/mol. The fourth-order valence-corrected chi connectivity index (χ4v) is 3.77. The first kappa shape index (κ1) is 19.8. The van der Waals surface area contributed by atoms with Crippen molar-refractivity contribution in [3.05, 3.63) is 70.3 Å². The third kappa shape index (κ3) is 3.81. The minimum Gasteiger partial charge on any atom is -0.348 e. The molecule has 0 spiro atoms. The van der Waals surface area contributed by atoms with Crippen LogP contribution in [0.15, 0.2) is 42.5 Å². The van der Waals surface area contributed by atoms with Gasteiger partial charge in [-0.3, -0.25) is 24.5 Å². The Balaban J connectivity index is 1.44.